The normalized spacial score (nSPS) is 20.5. The third kappa shape index (κ3) is 3.42. The highest BCUT2D eigenvalue weighted by molar-refractivity contribution is 5.79. The highest BCUT2D eigenvalue weighted by Gasteiger charge is 2.25. The van der Waals surface area contributed by atoms with Crippen molar-refractivity contribution < 1.29 is 4.74 Å². The van der Waals surface area contributed by atoms with Crippen LogP contribution in [0.25, 0.3) is 10.9 Å². The molecule has 1 aliphatic rings. The number of nitrogens with zero attached hydrogens (tertiary/aromatic N) is 1. The fourth-order valence-electron chi connectivity index (χ4n) is 3.07. The molecule has 2 unspecified atom stereocenters. The molecule has 21 heavy (non-hydrogen) atoms. The van der Waals surface area contributed by atoms with Gasteiger partial charge in [0.05, 0.1) is 17.7 Å². The van der Waals surface area contributed by atoms with E-state index in [9.17, 15) is 0 Å². The maximum atomic E-state index is 6.02. The Balaban J connectivity index is 1.88. The van der Waals surface area contributed by atoms with Gasteiger partial charge in [-0.2, -0.15) is 0 Å². The molecule has 0 aliphatic carbocycles. The van der Waals surface area contributed by atoms with Gasteiger partial charge in [-0.1, -0.05) is 25.1 Å². The number of benzene rings is 1. The second kappa shape index (κ2) is 7.01. The lowest BCUT2D eigenvalue weighted by molar-refractivity contribution is -0.00812. The fraction of sp³-hybridized carbons (Fsp3) is 0.500. The Hall–Kier alpha value is -1.45. The van der Waals surface area contributed by atoms with Crippen LogP contribution in [0.15, 0.2) is 36.5 Å². The first-order valence-electron chi connectivity index (χ1n) is 8.08. The summed E-state index contributed by atoms with van der Waals surface area (Å²) in [7, 11) is 0. The van der Waals surface area contributed by atoms with E-state index in [1.54, 1.807) is 0 Å². The van der Waals surface area contributed by atoms with Gasteiger partial charge in [-0.15, -0.1) is 0 Å². The lowest BCUT2D eigenvalue weighted by Crippen LogP contribution is -2.36. The minimum Gasteiger partial charge on any atom is -0.376 e. The van der Waals surface area contributed by atoms with Gasteiger partial charge in [0.15, 0.2) is 0 Å². The molecule has 0 radical (unpaired) electrons. The summed E-state index contributed by atoms with van der Waals surface area (Å²) in [6, 6.07) is 11.0. The fourth-order valence-corrected chi connectivity index (χ4v) is 3.07. The largest absolute Gasteiger partial charge is 0.376 e. The monoisotopic (exact) mass is 284 g/mol. The summed E-state index contributed by atoms with van der Waals surface area (Å²) in [5.41, 5.74) is 2.36. The molecule has 2 atom stereocenters. The van der Waals surface area contributed by atoms with Crippen LogP contribution in [0.2, 0.25) is 0 Å². The molecule has 1 aromatic heterocycles. The van der Waals surface area contributed by atoms with Gasteiger partial charge in [0, 0.05) is 18.2 Å². The Morgan fingerprint density at radius 2 is 2.29 bits per heavy atom. The zero-order valence-electron chi connectivity index (χ0n) is 12.7. The first-order valence-corrected chi connectivity index (χ1v) is 8.08. The molecular formula is C18H24N2O. The lowest BCUT2D eigenvalue weighted by atomic mass is 9.94. The summed E-state index contributed by atoms with van der Waals surface area (Å²) in [6.45, 7) is 4.11. The van der Waals surface area contributed by atoms with E-state index >= 15 is 0 Å². The molecule has 2 heterocycles. The SMILES string of the molecule is CCCNC(c1ccc2cccnc2c1)C1CCCCO1. The number of hydrogen-bond donors (Lipinski definition) is 1. The third-order valence-corrected chi connectivity index (χ3v) is 4.19. The number of rotatable bonds is 5. The summed E-state index contributed by atoms with van der Waals surface area (Å²) in [4.78, 5) is 4.48. The van der Waals surface area contributed by atoms with E-state index in [2.05, 4.69) is 41.5 Å². The molecule has 1 fully saturated rings. The number of aromatic nitrogens is 1. The van der Waals surface area contributed by atoms with E-state index in [1.165, 1.54) is 23.8 Å². The van der Waals surface area contributed by atoms with E-state index in [1.807, 2.05) is 12.3 Å². The summed E-state index contributed by atoms with van der Waals surface area (Å²) in [5.74, 6) is 0. The Kier molecular flexibility index (Phi) is 4.84. The Bertz CT molecular complexity index is 578. The summed E-state index contributed by atoms with van der Waals surface area (Å²) < 4.78 is 6.02. The smallest absolute Gasteiger partial charge is 0.0769 e. The second-order valence-corrected chi connectivity index (χ2v) is 5.79. The molecule has 1 N–H and O–H groups in total. The number of ether oxygens (including phenoxy) is 1. The van der Waals surface area contributed by atoms with E-state index in [0.29, 0.717) is 0 Å². The van der Waals surface area contributed by atoms with Crippen LogP contribution in [0.5, 0.6) is 0 Å². The molecule has 1 aliphatic heterocycles. The number of pyridine rings is 1. The first-order chi connectivity index (χ1) is 10.4. The lowest BCUT2D eigenvalue weighted by Gasteiger charge is -2.31. The van der Waals surface area contributed by atoms with Crippen molar-refractivity contribution in [2.24, 2.45) is 0 Å². The molecule has 0 amide bonds. The predicted octanol–water partition coefficient (Wildman–Crippen LogP) is 3.84. The third-order valence-electron chi connectivity index (χ3n) is 4.19. The number of hydrogen-bond acceptors (Lipinski definition) is 3. The van der Waals surface area contributed by atoms with E-state index in [0.717, 1.165) is 31.5 Å². The van der Waals surface area contributed by atoms with Crippen molar-refractivity contribution in [3.63, 3.8) is 0 Å². The van der Waals surface area contributed by atoms with Gasteiger partial charge >= 0.3 is 0 Å². The highest BCUT2D eigenvalue weighted by atomic mass is 16.5. The molecule has 2 aromatic rings. The number of fused-ring (bicyclic) bond motifs is 1. The standard InChI is InChI=1S/C18H24N2O/c1-2-10-20-18(17-7-3-4-12-21-17)15-9-8-14-6-5-11-19-16(14)13-15/h5-6,8-9,11,13,17-18,20H,2-4,7,10,12H2,1H3. The number of nitrogens with one attached hydrogen (secondary N) is 1. The van der Waals surface area contributed by atoms with Crippen molar-refractivity contribution >= 4 is 10.9 Å². The molecule has 3 nitrogen and oxygen atoms in total. The van der Waals surface area contributed by atoms with Crippen molar-refractivity contribution in [3.05, 3.63) is 42.1 Å². The molecule has 0 bridgehead atoms. The highest BCUT2D eigenvalue weighted by Crippen LogP contribution is 2.28. The van der Waals surface area contributed by atoms with Crippen LogP contribution in [-0.4, -0.2) is 24.2 Å². The molecular weight excluding hydrogens is 260 g/mol. The van der Waals surface area contributed by atoms with Gasteiger partial charge in [-0.05, 0) is 49.9 Å². The van der Waals surface area contributed by atoms with Crippen LogP contribution in [0, 0.1) is 0 Å². The zero-order valence-corrected chi connectivity index (χ0v) is 12.7. The average molecular weight is 284 g/mol. The second-order valence-electron chi connectivity index (χ2n) is 5.79. The van der Waals surface area contributed by atoms with Gasteiger partial charge in [-0.3, -0.25) is 4.98 Å². The molecule has 3 heteroatoms. The maximum Gasteiger partial charge on any atom is 0.0769 e. The van der Waals surface area contributed by atoms with Gasteiger partial charge in [0.25, 0.3) is 0 Å². The molecule has 0 spiro atoms. The van der Waals surface area contributed by atoms with Gasteiger partial charge in [0.1, 0.15) is 0 Å². The molecule has 0 saturated carbocycles. The van der Waals surface area contributed by atoms with Crippen LogP contribution < -0.4 is 5.32 Å². The Morgan fingerprint density at radius 1 is 1.33 bits per heavy atom. The zero-order chi connectivity index (χ0) is 14.5. The van der Waals surface area contributed by atoms with Crippen LogP contribution in [0.3, 0.4) is 0 Å². The first kappa shape index (κ1) is 14.5. The molecule has 1 saturated heterocycles. The van der Waals surface area contributed by atoms with Gasteiger partial charge < -0.3 is 10.1 Å². The van der Waals surface area contributed by atoms with Gasteiger partial charge in [-0.25, -0.2) is 0 Å². The minimum absolute atomic E-state index is 0.275. The van der Waals surface area contributed by atoms with Crippen molar-refractivity contribution in [3.8, 4) is 0 Å². The molecule has 112 valence electrons. The minimum atomic E-state index is 0.275. The summed E-state index contributed by atoms with van der Waals surface area (Å²) in [5, 5.41) is 4.86. The van der Waals surface area contributed by atoms with Crippen molar-refractivity contribution in [1.29, 1.82) is 0 Å². The van der Waals surface area contributed by atoms with Crippen LogP contribution in [0.1, 0.15) is 44.2 Å². The summed E-state index contributed by atoms with van der Waals surface area (Å²) in [6.07, 6.45) is 6.87. The Morgan fingerprint density at radius 3 is 3.10 bits per heavy atom. The van der Waals surface area contributed by atoms with Crippen molar-refractivity contribution in [1.82, 2.24) is 10.3 Å². The van der Waals surface area contributed by atoms with Crippen molar-refractivity contribution in [2.45, 2.75) is 44.8 Å². The molecule has 1 aromatic carbocycles. The Labute approximate surface area is 126 Å². The van der Waals surface area contributed by atoms with Crippen LogP contribution in [0.4, 0.5) is 0 Å². The van der Waals surface area contributed by atoms with Crippen LogP contribution in [-0.2, 0) is 4.74 Å². The van der Waals surface area contributed by atoms with Crippen LogP contribution >= 0.6 is 0 Å². The summed E-state index contributed by atoms with van der Waals surface area (Å²) >= 11 is 0. The predicted molar refractivity (Wildman–Crippen MR) is 86.4 cm³/mol. The maximum absolute atomic E-state index is 6.02. The van der Waals surface area contributed by atoms with Gasteiger partial charge in [0.2, 0.25) is 0 Å². The van der Waals surface area contributed by atoms with Crippen molar-refractivity contribution in [2.75, 3.05) is 13.2 Å². The van der Waals surface area contributed by atoms with E-state index in [-0.39, 0.29) is 12.1 Å². The van der Waals surface area contributed by atoms with E-state index < -0.39 is 0 Å². The average Bonchev–Trinajstić information content (AvgIpc) is 2.56. The molecule has 3 rings (SSSR count). The van der Waals surface area contributed by atoms with E-state index in [4.69, 9.17) is 4.74 Å². The quantitative estimate of drug-likeness (QED) is 0.905. The topological polar surface area (TPSA) is 34.2 Å².